The van der Waals surface area contributed by atoms with Gasteiger partial charge in [0, 0.05) is 6.61 Å². The number of hydrogen-bond donors (Lipinski definition) is 0. The smallest absolute Gasteiger partial charge is 0.148 e. The molecule has 64 valence electrons. The van der Waals surface area contributed by atoms with Crippen molar-refractivity contribution in [3.05, 3.63) is 0 Å². The average molecular weight is 156 g/mol. The van der Waals surface area contributed by atoms with Crippen LogP contribution in [0.2, 0.25) is 0 Å². The van der Waals surface area contributed by atoms with Crippen LogP contribution >= 0.6 is 0 Å². The maximum absolute atomic E-state index is 10.4. The molecule has 0 N–H and O–H groups in total. The lowest BCUT2D eigenvalue weighted by molar-refractivity contribution is -0.117. The van der Waals surface area contributed by atoms with Crippen LogP contribution in [0, 0.1) is 5.41 Å². The molecule has 0 spiro atoms. The number of hydrogen-bond acceptors (Lipinski definition) is 2. The third-order valence-corrected chi connectivity index (χ3v) is 2.37. The minimum atomic E-state index is -0.142. The van der Waals surface area contributed by atoms with Crippen molar-refractivity contribution in [2.45, 2.75) is 39.2 Å². The molecule has 0 aromatic heterocycles. The Hall–Kier alpha value is -0.370. The molecule has 1 rings (SSSR count). The van der Waals surface area contributed by atoms with Crippen molar-refractivity contribution in [1.82, 2.24) is 0 Å². The van der Waals surface area contributed by atoms with Gasteiger partial charge in [0.15, 0.2) is 0 Å². The van der Waals surface area contributed by atoms with Gasteiger partial charge in [-0.2, -0.15) is 0 Å². The molecule has 0 aliphatic carbocycles. The zero-order valence-electron chi connectivity index (χ0n) is 7.30. The lowest BCUT2D eigenvalue weighted by Gasteiger charge is -2.20. The molecule has 0 amide bonds. The Bertz CT molecular complexity index is 140. The first-order valence-electron chi connectivity index (χ1n) is 4.21. The molecule has 0 bridgehead atoms. The van der Waals surface area contributed by atoms with Gasteiger partial charge in [0.2, 0.25) is 0 Å². The van der Waals surface area contributed by atoms with E-state index in [2.05, 4.69) is 13.8 Å². The third kappa shape index (κ3) is 2.62. The Morgan fingerprint density at radius 1 is 1.45 bits per heavy atom. The molecular formula is C9H16O2. The molecule has 1 fully saturated rings. The molecule has 2 heteroatoms. The standard InChI is InChI=1S/C9H16O2/c1-9(2)4-3-8(7-10)11-6-5-9/h7-8H,3-6H2,1-2H3. The molecule has 1 aliphatic rings. The van der Waals surface area contributed by atoms with E-state index in [1.54, 1.807) is 0 Å². The summed E-state index contributed by atoms with van der Waals surface area (Å²) in [5, 5.41) is 0. The van der Waals surface area contributed by atoms with Gasteiger partial charge in [-0.3, -0.25) is 0 Å². The summed E-state index contributed by atoms with van der Waals surface area (Å²) in [4.78, 5) is 10.4. The van der Waals surface area contributed by atoms with Gasteiger partial charge in [-0.25, -0.2) is 0 Å². The van der Waals surface area contributed by atoms with Crippen molar-refractivity contribution in [1.29, 1.82) is 0 Å². The van der Waals surface area contributed by atoms with Crippen LogP contribution in [0.5, 0.6) is 0 Å². The molecule has 1 saturated heterocycles. The van der Waals surface area contributed by atoms with E-state index in [1.807, 2.05) is 0 Å². The predicted molar refractivity (Wildman–Crippen MR) is 43.4 cm³/mol. The summed E-state index contributed by atoms with van der Waals surface area (Å²) in [5.41, 5.74) is 0.359. The van der Waals surface area contributed by atoms with E-state index in [0.717, 1.165) is 32.2 Å². The van der Waals surface area contributed by atoms with Gasteiger partial charge < -0.3 is 9.53 Å². The fourth-order valence-corrected chi connectivity index (χ4v) is 1.34. The highest BCUT2D eigenvalue weighted by molar-refractivity contribution is 5.55. The maximum Gasteiger partial charge on any atom is 0.148 e. The first-order chi connectivity index (χ1) is 5.14. The van der Waals surface area contributed by atoms with Crippen molar-refractivity contribution >= 4 is 6.29 Å². The van der Waals surface area contributed by atoms with E-state index in [1.165, 1.54) is 0 Å². The number of rotatable bonds is 1. The summed E-state index contributed by atoms with van der Waals surface area (Å²) in [6.07, 6.45) is 3.82. The van der Waals surface area contributed by atoms with Crippen molar-refractivity contribution in [2.75, 3.05) is 6.61 Å². The summed E-state index contributed by atoms with van der Waals surface area (Å²) in [6.45, 7) is 5.18. The summed E-state index contributed by atoms with van der Waals surface area (Å²) in [6, 6.07) is 0. The van der Waals surface area contributed by atoms with Gasteiger partial charge in [0.1, 0.15) is 12.4 Å². The molecule has 1 heterocycles. The Morgan fingerprint density at radius 2 is 2.18 bits per heavy atom. The van der Waals surface area contributed by atoms with E-state index < -0.39 is 0 Å². The van der Waals surface area contributed by atoms with Gasteiger partial charge in [0.05, 0.1) is 0 Å². The lowest BCUT2D eigenvalue weighted by Crippen LogP contribution is -2.12. The van der Waals surface area contributed by atoms with Crippen LogP contribution in [-0.4, -0.2) is 19.0 Å². The van der Waals surface area contributed by atoms with E-state index in [-0.39, 0.29) is 6.10 Å². The summed E-state index contributed by atoms with van der Waals surface area (Å²) >= 11 is 0. The molecule has 11 heavy (non-hydrogen) atoms. The molecule has 0 radical (unpaired) electrons. The summed E-state index contributed by atoms with van der Waals surface area (Å²) < 4.78 is 5.32. The molecule has 2 nitrogen and oxygen atoms in total. The van der Waals surface area contributed by atoms with Crippen LogP contribution < -0.4 is 0 Å². The fourth-order valence-electron chi connectivity index (χ4n) is 1.34. The first-order valence-corrected chi connectivity index (χ1v) is 4.21. The number of ether oxygens (including phenoxy) is 1. The molecule has 0 saturated carbocycles. The SMILES string of the molecule is CC1(C)CCOC(C=O)CC1. The van der Waals surface area contributed by atoms with Gasteiger partial charge >= 0.3 is 0 Å². The largest absolute Gasteiger partial charge is 0.371 e. The van der Waals surface area contributed by atoms with Crippen LogP contribution in [0.4, 0.5) is 0 Å². The molecule has 0 aromatic rings. The van der Waals surface area contributed by atoms with Gasteiger partial charge in [-0.15, -0.1) is 0 Å². The van der Waals surface area contributed by atoms with Crippen LogP contribution in [0.3, 0.4) is 0 Å². The molecule has 0 aromatic carbocycles. The minimum Gasteiger partial charge on any atom is -0.371 e. The Kier molecular flexibility index (Phi) is 2.66. The van der Waals surface area contributed by atoms with Crippen molar-refractivity contribution in [3.8, 4) is 0 Å². The molecule has 1 unspecified atom stereocenters. The highest BCUT2D eigenvalue weighted by Gasteiger charge is 2.24. The van der Waals surface area contributed by atoms with Crippen molar-refractivity contribution < 1.29 is 9.53 Å². The topological polar surface area (TPSA) is 26.3 Å². The minimum absolute atomic E-state index is 0.142. The van der Waals surface area contributed by atoms with Crippen LogP contribution in [0.1, 0.15) is 33.1 Å². The normalized spacial score (nSPS) is 30.9. The van der Waals surface area contributed by atoms with Crippen LogP contribution in [0.25, 0.3) is 0 Å². The average Bonchev–Trinajstić information content (AvgIpc) is 2.10. The lowest BCUT2D eigenvalue weighted by atomic mass is 9.85. The zero-order valence-corrected chi connectivity index (χ0v) is 7.30. The second-order valence-corrected chi connectivity index (χ2v) is 4.00. The number of aldehydes is 1. The van der Waals surface area contributed by atoms with Gasteiger partial charge in [-0.1, -0.05) is 13.8 Å². The van der Waals surface area contributed by atoms with E-state index in [9.17, 15) is 4.79 Å². The maximum atomic E-state index is 10.4. The highest BCUT2D eigenvalue weighted by atomic mass is 16.5. The summed E-state index contributed by atoms with van der Waals surface area (Å²) in [7, 11) is 0. The third-order valence-electron chi connectivity index (χ3n) is 2.37. The Morgan fingerprint density at radius 3 is 2.82 bits per heavy atom. The molecule has 1 atom stereocenters. The van der Waals surface area contributed by atoms with E-state index in [0.29, 0.717) is 5.41 Å². The molecule has 1 aliphatic heterocycles. The highest BCUT2D eigenvalue weighted by Crippen LogP contribution is 2.30. The van der Waals surface area contributed by atoms with Crippen LogP contribution in [0.15, 0.2) is 0 Å². The second kappa shape index (κ2) is 3.35. The molecular weight excluding hydrogens is 140 g/mol. The van der Waals surface area contributed by atoms with Crippen molar-refractivity contribution in [2.24, 2.45) is 5.41 Å². The van der Waals surface area contributed by atoms with E-state index >= 15 is 0 Å². The van der Waals surface area contributed by atoms with Gasteiger partial charge in [-0.05, 0) is 24.7 Å². The fraction of sp³-hybridized carbons (Fsp3) is 0.889. The monoisotopic (exact) mass is 156 g/mol. The number of carbonyl (C=O) groups is 1. The number of carbonyl (C=O) groups excluding carboxylic acids is 1. The summed E-state index contributed by atoms with van der Waals surface area (Å²) in [5.74, 6) is 0. The van der Waals surface area contributed by atoms with Gasteiger partial charge in [0.25, 0.3) is 0 Å². The quantitative estimate of drug-likeness (QED) is 0.541. The zero-order chi connectivity index (χ0) is 8.32. The van der Waals surface area contributed by atoms with Crippen LogP contribution in [-0.2, 0) is 9.53 Å². The Balaban J connectivity index is 2.45. The van der Waals surface area contributed by atoms with Crippen molar-refractivity contribution in [3.63, 3.8) is 0 Å². The second-order valence-electron chi connectivity index (χ2n) is 4.00. The van der Waals surface area contributed by atoms with E-state index in [4.69, 9.17) is 4.74 Å². The first kappa shape index (κ1) is 8.72. The predicted octanol–water partition coefficient (Wildman–Crippen LogP) is 1.78. The Labute approximate surface area is 67.9 Å².